The summed E-state index contributed by atoms with van der Waals surface area (Å²) in [6, 6.07) is 3.29. The molecule has 1 unspecified atom stereocenters. The van der Waals surface area contributed by atoms with E-state index < -0.39 is 5.97 Å². The molecule has 1 aliphatic rings. The van der Waals surface area contributed by atoms with Gasteiger partial charge in [-0.1, -0.05) is 13.8 Å². The molecule has 2 N–H and O–H groups in total. The minimum Gasteiger partial charge on any atom is -0.478 e. The lowest BCUT2D eigenvalue weighted by molar-refractivity contribution is 0.0696. The second-order valence-electron chi connectivity index (χ2n) is 5.62. The second kappa shape index (κ2) is 6.22. The molecule has 2 rings (SSSR count). The number of anilines is 1. The smallest absolute Gasteiger partial charge is 0.335 e. The average molecular weight is 278 g/mol. The van der Waals surface area contributed by atoms with E-state index in [1.807, 2.05) is 18.7 Å². The summed E-state index contributed by atoms with van der Waals surface area (Å²) < 4.78 is 0. The molecule has 1 saturated heterocycles. The Bertz CT molecular complexity index is 488. The normalized spacial score (nSPS) is 19.4. The van der Waals surface area contributed by atoms with E-state index in [1.54, 1.807) is 12.1 Å². The molecule has 0 aromatic carbocycles. The van der Waals surface area contributed by atoms with Crippen LogP contribution in [-0.4, -0.2) is 40.4 Å². The maximum absolute atomic E-state index is 11.3. The number of aliphatic hydroxyl groups is 1. The highest BCUT2D eigenvalue weighted by Crippen LogP contribution is 2.26. The summed E-state index contributed by atoms with van der Waals surface area (Å²) >= 11 is 0. The number of hydrogen-bond acceptors (Lipinski definition) is 4. The molecule has 1 aromatic heterocycles. The molecule has 1 atom stereocenters. The van der Waals surface area contributed by atoms with E-state index >= 15 is 0 Å². The molecular formula is C15H22N2O3. The summed E-state index contributed by atoms with van der Waals surface area (Å²) in [5, 5.41) is 18.7. The first kappa shape index (κ1) is 14.8. The van der Waals surface area contributed by atoms with E-state index in [4.69, 9.17) is 0 Å². The highest BCUT2D eigenvalue weighted by atomic mass is 16.4. The van der Waals surface area contributed by atoms with Crippen molar-refractivity contribution >= 4 is 11.8 Å². The maximum atomic E-state index is 11.3. The number of piperidine rings is 1. The van der Waals surface area contributed by atoms with Crippen LogP contribution in [0, 0.1) is 0 Å². The number of carboxylic acids is 1. The fourth-order valence-electron chi connectivity index (χ4n) is 2.60. The van der Waals surface area contributed by atoms with Gasteiger partial charge in [-0.2, -0.15) is 0 Å². The summed E-state index contributed by atoms with van der Waals surface area (Å²) in [6.45, 7) is 4.89. The van der Waals surface area contributed by atoms with E-state index in [9.17, 15) is 15.0 Å². The standard InChI is InChI=1S/C15H22N2O3/c1-10(2)13-7-11(15(19)20)8-14(16-13)17-6-4-3-5-12(17)9-18/h7-8,10,12,18H,3-6,9H2,1-2H3,(H,19,20). The van der Waals surface area contributed by atoms with Crippen molar-refractivity contribution in [3.05, 3.63) is 23.4 Å². The van der Waals surface area contributed by atoms with Gasteiger partial charge in [0.2, 0.25) is 0 Å². The lowest BCUT2D eigenvalue weighted by Gasteiger charge is -2.36. The Hall–Kier alpha value is -1.62. The van der Waals surface area contributed by atoms with E-state index in [0.717, 1.165) is 31.5 Å². The zero-order chi connectivity index (χ0) is 14.7. The zero-order valence-corrected chi connectivity index (χ0v) is 12.0. The van der Waals surface area contributed by atoms with Crippen molar-refractivity contribution in [1.29, 1.82) is 0 Å². The number of aromatic carboxylic acids is 1. The SMILES string of the molecule is CC(C)c1cc(C(=O)O)cc(N2CCCCC2CO)n1. The highest BCUT2D eigenvalue weighted by Gasteiger charge is 2.24. The van der Waals surface area contributed by atoms with Crippen molar-refractivity contribution in [2.24, 2.45) is 0 Å². The fraction of sp³-hybridized carbons (Fsp3) is 0.600. The van der Waals surface area contributed by atoms with Crippen LogP contribution in [-0.2, 0) is 0 Å². The van der Waals surface area contributed by atoms with Gasteiger partial charge in [-0.05, 0) is 37.3 Å². The number of hydrogen-bond donors (Lipinski definition) is 2. The Morgan fingerprint density at radius 1 is 1.45 bits per heavy atom. The molecule has 20 heavy (non-hydrogen) atoms. The summed E-state index contributed by atoms with van der Waals surface area (Å²) in [4.78, 5) is 17.9. The van der Waals surface area contributed by atoms with Gasteiger partial charge in [0.1, 0.15) is 5.82 Å². The summed E-state index contributed by atoms with van der Waals surface area (Å²) in [7, 11) is 0. The van der Waals surface area contributed by atoms with E-state index in [0.29, 0.717) is 5.82 Å². The van der Waals surface area contributed by atoms with E-state index in [2.05, 4.69) is 4.98 Å². The van der Waals surface area contributed by atoms with Crippen molar-refractivity contribution in [1.82, 2.24) is 4.98 Å². The molecule has 1 aromatic rings. The Labute approximate surface area is 119 Å². The summed E-state index contributed by atoms with van der Waals surface area (Å²) in [5.74, 6) is -0.0918. The molecule has 1 fully saturated rings. The first-order valence-electron chi connectivity index (χ1n) is 7.15. The van der Waals surface area contributed by atoms with Gasteiger partial charge in [-0.25, -0.2) is 9.78 Å². The lowest BCUT2D eigenvalue weighted by Crippen LogP contribution is -2.42. The topological polar surface area (TPSA) is 73.7 Å². The van der Waals surface area contributed by atoms with Crippen molar-refractivity contribution in [2.45, 2.75) is 45.1 Å². The molecule has 5 heteroatoms. The third-order valence-corrected chi connectivity index (χ3v) is 3.80. The van der Waals surface area contributed by atoms with Crippen LogP contribution in [0.1, 0.15) is 55.1 Å². The van der Waals surface area contributed by atoms with Crippen molar-refractivity contribution in [2.75, 3.05) is 18.1 Å². The van der Waals surface area contributed by atoms with Crippen LogP contribution < -0.4 is 4.90 Å². The number of carboxylic acid groups (broad SMARTS) is 1. The molecule has 0 radical (unpaired) electrons. The molecule has 5 nitrogen and oxygen atoms in total. The average Bonchev–Trinajstić information content (AvgIpc) is 2.46. The zero-order valence-electron chi connectivity index (χ0n) is 12.0. The summed E-state index contributed by atoms with van der Waals surface area (Å²) in [6.07, 6.45) is 3.07. The fourth-order valence-corrected chi connectivity index (χ4v) is 2.60. The van der Waals surface area contributed by atoms with E-state index in [-0.39, 0.29) is 24.1 Å². The monoisotopic (exact) mass is 278 g/mol. The van der Waals surface area contributed by atoms with Gasteiger partial charge < -0.3 is 15.1 Å². The molecule has 0 aliphatic carbocycles. The Morgan fingerprint density at radius 3 is 2.80 bits per heavy atom. The van der Waals surface area contributed by atoms with Crippen LogP contribution in [0.25, 0.3) is 0 Å². The van der Waals surface area contributed by atoms with Gasteiger partial charge in [0, 0.05) is 12.2 Å². The number of carbonyl (C=O) groups is 1. The number of aromatic nitrogens is 1. The quantitative estimate of drug-likeness (QED) is 0.883. The molecular weight excluding hydrogens is 256 g/mol. The van der Waals surface area contributed by atoms with Crippen LogP contribution >= 0.6 is 0 Å². The maximum Gasteiger partial charge on any atom is 0.335 e. The number of aliphatic hydroxyl groups excluding tert-OH is 1. The first-order chi connectivity index (χ1) is 9.52. The molecule has 2 heterocycles. The van der Waals surface area contributed by atoms with Crippen LogP contribution in [0.3, 0.4) is 0 Å². The molecule has 0 bridgehead atoms. The van der Waals surface area contributed by atoms with Crippen LogP contribution in [0.5, 0.6) is 0 Å². The minimum absolute atomic E-state index is 0.0420. The Morgan fingerprint density at radius 2 is 2.20 bits per heavy atom. The lowest BCUT2D eigenvalue weighted by atomic mass is 10.0. The second-order valence-corrected chi connectivity index (χ2v) is 5.62. The first-order valence-corrected chi connectivity index (χ1v) is 7.15. The van der Waals surface area contributed by atoms with E-state index in [1.165, 1.54) is 0 Å². The minimum atomic E-state index is -0.937. The van der Waals surface area contributed by atoms with Crippen LogP contribution in [0.2, 0.25) is 0 Å². The molecule has 0 saturated carbocycles. The van der Waals surface area contributed by atoms with Gasteiger partial charge >= 0.3 is 5.97 Å². The van der Waals surface area contributed by atoms with Gasteiger partial charge in [0.05, 0.1) is 18.2 Å². The highest BCUT2D eigenvalue weighted by molar-refractivity contribution is 5.88. The number of rotatable bonds is 4. The number of pyridine rings is 1. The number of nitrogens with zero attached hydrogens (tertiary/aromatic N) is 2. The Balaban J connectivity index is 2.40. The third-order valence-electron chi connectivity index (χ3n) is 3.80. The third kappa shape index (κ3) is 3.10. The van der Waals surface area contributed by atoms with Crippen molar-refractivity contribution in [3.8, 4) is 0 Å². The van der Waals surface area contributed by atoms with Gasteiger partial charge in [0.25, 0.3) is 0 Å². The Kier molecular flexibility index (Phi) is 4.60. The van der Waals surface area contributed by atoms with Crippen LogP contribution in [0.15, 0.2) is 12.1 Å². The summed E-state index contributed by atoms with van der Waals surface area (Å²) in [5.41, 5.74) is 1.04. The van der Waals surface area contributed by atoms with Crippen molar-refractivity contribution in [3.63, 3.8) is 0 Å². The van der Waals surface area contributed by atoms with Gasteiger partial charge in [-0.3, -0.25) is 0 Å². The predicted octanol–water partition coefficient (Wildman–Crippen LogP) is 2.25. The van der Waals surface area contributed by atoms with Gasteiger partial charge in [0.15, 0.2) is 0 Å². The molecule has 1 aliphatic heterocycles. The van der Waals surface area contributed by atoms with Crippen molar-refractivity contribution < 1.29 is 15.0 Å². The molecule has 110 valence electrons. The largest absolute Gasteiger partial charge is 0.478 e. The predicted molar refractivity (Wildman–Crippen MR) is 77.4 cm³/mol. The molecule has 0 spiro atoms. The van der Waals surface area contributed by atoms with Gasteiger partial charge in [-0.15, -0.1) is 0 Å². The molecule has 0 amide bonds. The van der Waals surface area contributed by atoms with Crippen LogP contribution in [0.4, 0.5) is 5.82 Å².